The van der Waals surface area contributed by atoms with Crippen molar-refractivity contribution in [1.82, 2.24) is 4.90 Å². The Bertz CT molecular complexity index is 493. The van der Waals surface area contributed by atoms with Gasteiger partial charge in [-0.25, -0.2) is 9.00 Å². The number of nitrogens with zero attached hydrogens (tertiary/aromatic N) is 2. The highest BCUT2D eigenvalue weighted by Crippen LogP contribution is 2.34. The number of carbonyl (C=O) groups is 1. The highest BCUT2D eigenvalue weighted by Gasteiger charge is 2.36. The molecule has 0 saturated carbocycles. The minimum atomic E-state index is -1.24. The molecule has 6 heteroatoms. The fraction of sp³-hybridized carbons (Fsp3) is 0.882. The zero-order valence-electron chi connectivity index (χ0n) is 15.9. The Hall–Kier alpha value is -0.910. The second kappa shape index (κ2) is 6.91. The quantitative estimate of drug-likeness (QED) is 0.713. The summed E-state index contributed by atoms with van der Waals surface area (Å²) in [5.41, 5.74) is 0.327. The molecule has 1 fully saturated rings. The van der Waals surface area contributed by atoms with Gasteiger partial charge < -0.3 is 9.64 Å². The molecule has 0 N–H and O–H groups in total. The summed E-state index contributed by atoms with van der Waals surface area (Å²) in [6, 6.07) is 0. The molecule has 0 aliphatic carbocycles. The van der Waals surface area contributed by atoms with Gasteiger partial charge in [0.05, 0.1) is 4.75 Å². The van der Waals surface area contributed by atoms with E-state index in [0.29, 0.717) is 13.1 Å². The molecule has 0 spiro atoms. The zero-order valence-corrected chi connectivity index (χ0v) is 16.7. The van der Waals surface area contributed by atoms with Crippen molar-refractivity contribution in [3.05, 3.63) is 0 Å². The monoisotopic (exact) mass is 344 g/mol. The molecular formula is C17H32N2O3S. The van der Waals surface area contributed by atoms with E-state index in [-0.39, 0.29) is 16.3 Å². The van der Waals surface area contributed by atoms with Crippen LogP contribution < -0.4 is 0 Å². The van der Waals surface area contributed by atoms with Crippen molar-refractivity contribution in [3.63, 3.8) is 0 Å². The lowest BCUT2D eigenvalue weighted by Gasteiger charge is -2.39. The van der Waals surface area contributed by atoms with E-state index < -0.39 is 16.6 Å². The molecule has 1 heterocycles. The molecule has 1 rings (SSSR count). The van der Waals surface area contributed by atoms with Crippen LogP contribution in [-0.4, -0.2) is 44.4 Å². The lowest BCUT2D eigenvalue weighted by Crippen LogP contribution is -2.46. The topological polar surface area (TPSA) is 59.0 Å². The number of hydrogen-bond acceptors (Lipinski definition) is 3. The third kappa shape index (κ3) is 5.90. The molecule has 1 atom stereocenters. The van der Waals surface area contributed by atoms with Crippen LogP contribution in [0.25, 0.3) is 0 Å². The van der Waals surface area contributed by atoms with Gasteiger partial charge in [-0.3, -0.25) is 0 Å². The molecule has 0 radical (unpaired) electrons. The van der Waals surface area contributed by atoms with E-state index in [9.17, 15) is 9.00 Å². The summed E-state index contributed by atoms with van der Waals surface area (Å²) in [5, 5.41) is 0. The van der Waals surface area contributed by atoms with Gasteiger partial charge in [0.1, 0.15) is 16.6 Å². The Balaban J connectivity index is 2.72. The number of likely N-dealkylation sites (tertiary alicyclic amines) is 1. The van der Waals surface area contributed by atoms with Crippen molar-refractivity contribution in [3.8, 4) is 0 Å². The molecule has 134 valence electrons. The molecule has 0 bridgehead atoms. The van der Waals surface area contributed by atoms with E-state index in [4.69, 9.17) is 4.74 Å². The van der Waals surface area contributed by atoms with Crippen molar-refractivity contribution >= 4 is 22.8 Å². The summed E-state index contributed by atoms with van der Waals surface area (Å²) in [6.07, 6.45) is 1.36. The molecule has 1 aliphatic heterocycles. The van der Waals surface area contributed by atoms with E-state index in [1.807, 2.05) is 48.5 Å². The van der Waals surface area contributed by atoms with Crippen LogP contribution in [-0.2, 0) is 15.7 Å². The molecule has 1 saturated heterocycles. The van der Waals surface area contributed by atoms with Crippen LogP contribution >= 0.6 is 0 Å². The molecule has 0 aromatic carbocycles. The van der Waals surface area contributed by atoms with Crippen molar-refractivity contribution in [2.24, 2.45) is 9.81 Å². The van der Waals surface area contributed by atoms with Gasteiger partial charge in [0.2, 0.25) is 0 Å². The van der Waals surface area contributed by atoms with Crippen molar-refractivity contribution in [2.75, 3.05) is 13.1 Å². The van der Waals surface area contributed by atoms with E-state index in [1.165, 1.54) is 0 Å². The fourth-order valence-corrected chi connectivity index (χ4v) is 2.99. The largest absolute Gasteiger partial charge is 0.444 e. The second-order valence-electron chi connectivity index (χ2n) is 8.57. The highest BCUT2D eigenvalue weighted by molar-refractivity contribution is 7.85. The van der Waals surface area contributed by atoms with Gasteiger partial charge in [-0.2, -0.15) is 4.40 Å². The Morgan fingerprint density at radius 3 is 2.00 bits per heavy atom. The maximum Gasteiger partial charge on any atom is 0.410 e. The first kappa shape index (κ1) is 20.1. The predicted molar refractivity (Wildman–Crippen MR) is 96.2 cm³/mol. The summed E-state index contributed by atoms with van der Waals surface area (Å²) in [7, 11) is -1.24. The standard InChI is InChI=1S/C17H32N2O3S/c1-13(18-23(21)16(5,6)7)17(8)9-11-19(12-10-17)14(20)22-15(2,3)4/h9-12H2,1-8H3/b18-13+/t23-/m0/s1. The first-order chi connectivity index (χ1) is 10.2. The fourth-order valence-electron chi connectivity index (χ4n) is 2.24. The minimum absolute atomic E-state index is 0.112. The molecular weight excluding hydrogens is 312 g/mol. The van der Waals surface area contributed by atoms with Gasteiger partial charge in [0, 0.05) is 24.2 Å². The number of amides is 1. The molecule has 0 unspecified atom stereocenters. The van der Waals surface area contributed by atoms with E-state index in [2.05, 4.69) is 11.3 Å². The van der Waals surface area contributed by atoms with Gasteiger partial charge in [-0.05, 0) is 61.3 Å². The summed E-state index contributed by atoms with van der Waals surface area (Å²) < 4.78 is 21.7. The number of hydrogen-bond donors (Lipinski definition) is 0. The van der Waals surface area contributed by atoms with Crippen LogP contribution in [0.4, 0.5) is 4.79 Å². The summed E-state index contributed by atoms with van der Waals surface area (Å²) in [6.45, 7) is 16.8. The van der Waals surface area contributed by atoms with E-state index in [0.717, 1.165) is 18.6 Å². The predicted octanol–water partition coefficient (Wildman–Crippen LogP) is 3.95. The van der Waals surface area contributed by atoms with Crippen molar-refractivity contribution in [1.29, 1.82) is 0 Å². The van der Waals surface area contributed by atoms with Gasteiger partial charge >= 0.3 is 6.09 Å². The molecule has 0 aromatic rings. The third-order valence-electron chi connectivity index (χ3n) is 4.14. The smallest absolute Gasteiger partial charge is 0.410 e. The maximum absolute atomic E-state index is 12.2. The van der Waals surface area contributed by atoms with E-state index in [1.54, 1.807) is 4.90 Å². The van der Waals surface area contributed by atoms with Crippen LogP contribution in [0.3, 0.4) is 0 Å². The van der Waals surface area contributed by atoms with Crippen LogP contribution in [0.2, 0.25) is 0 Å². The van der Waals surface area contributed by atoms with Crippen LogP contribution in [0.15, 0.2) is 4.40 Å². The van der Waals surface area contributed by atoms with Crippen molar-refractivity contribution < 1.29 is 13.7 Å². The molecule has 5 nitrogen and oxygen atoms in total. The molecule has 1 aliphatic rings. The number of rotatable bonds is 2. The average Bonchev–Trinajstić information content (AvgIpc) is 2.36. The molecule has 23 heavy (non-hydrogen) atoms. The highest BCUT2D eigenvalue weighted by atomic mass is 32.2. The Kier molecular flexibility index (Phi) is 6.05. The average molecular weight is 345 g/mol. The Labute approximate surface area is 143 Å². The lowest BCUT2D eigenvalue weighted by atomic mass is 9.77. The number of carbonyl (C=O) groups excluding carboxylic acids is 1. The molecule has 1 amide bonds. The zero-order chi connectivity index (χ0) is 18.1. The van der Waals surface area contributed by atoms with E-state index >= 15 is 0 Å². The minimum Gasteiger partial charge on any atom is -0.444 e. The number of piperidine rings is 1. The SMILES string of the molecule is C/C(=N\[S@@](=O)C(C)(C)C)C1(C)CCN(C(=O)OC(C)(C)C)CC1. The molecule has 0 aromatic heterocycles. The van der Waals surface area contributed by atoms with Crippen LogP contribution in [0.5, 0.6) is 0 Å². The van der Waals surface area contributed by atoms with Gasteiger partial charge in [0.25, 0.3) is 0 Å². The summed E-state index contributed by atoms with van der Waals surface area (Å²) >= 11 is 0. The Morgan fingerprint density at radius 2 is 1.61 bits per heavy atom. The second-order valence-corrected chi connectivity index (χ2v) is 10.5. The first-order valence-electron chi connectivity index (χ1n) is 8.20. The van der Waals surface area contributed by atoms with Crippen molar-refractivity contribution in [2.45, 2.75) is 78.6 Å². The first-order valence-corrected chi connectivity index (χ1v) is 9.31. The number of ether oxygens (including phenoxy) is 1. The van der Waals surface area contributed by atoms with Gasteiger partial charge in [0.15, 0.2) is 0 Å². The van der Waals surface area contributed by atoms with Gasteiger partial charge in [-0.1, -0.05) is 6.92 Å². The maximum atomic E-state index is 12.2. The Morgan fingerprint density at radius 1 is 1.13 bits per heavy atom. The van der Waals surface area contributed by atoms with Crippen LogP contribution in [0.1, 0.15) is 68.2 Å². The summed E-state index contributed by atoms with van der Waals surface area (Å²) in [5.74, 6) is 0. The van der Waals surface area contributed by atoms with Crippen LogP contribution in [0, 0.1) is 5.41 Å². The third-order valence-corrected chi connectivity index (χ3v) is 5.62. The summed E-state index contributed by atoms with van der Waals surface area (Å²) in [4.78, 5) is 13.9. The van der Waals surface area contributed by atoms with Gasteiger partial charge in [-0.15, -0.1) is 0 Å². The normalized spacial score (nSPS) is 21.0. The lowest BCUT2D eigenvalue weighted by molar-refractivity contribution is 0.0165.